The number of carbonyl (C=O) groups is 1. The molecule has 0 spiro atoms. The van der Waals surface area contributed by atoms with Gasteiger partial charge in [-0.05, 0) is 55.9 Å². The highest BCUT2D eigenvalue weighted by Gasteiger charge is 2.19. The molecule has 0 radical (unpaired) electrons. The summed E-state index contributed by atoms with van der Waals surface area (Å²) in [6, 6.07) is 5.86. The largest absolute Gasteiger partial charge is 0.386 e. The minimum absolute atomic E-state index is 0.273. The Kier molecular flexibility index (Phi) is 9.58. The van der Waals surface area contributed by atoms with Crippen LogP contribution >= 0.6 is 11.8 Å². The minimum atomic E-state index is -0.352. The number of benzene rings is 1. The second-order valence-electron chi connectivity index (χ2n) is 5.73. The van der Waals surface area contributed by atoms with Gasteiger partial charge in [0.1, 0.15) is 5.82 Å². The van der Waals surface area contributed by atoms with Crippen molar-refractivity contribution >= 4 is 29.0 Å². The number of nitrogens with zero attached hydrogens (tertiary/aromatic N) is 1. The smallest absolute Gasteiger partial charge is 0.253 e. The lowest BCUT2D eigenvalue weighted by Crippen LogP contribution is -2.26. The predicted octanol–water partition coefficient (Wildman–Crippen LogP) is 4.52. The van der Waals surface area contributed by atoms with E-state index in [-0.39, 0.29) is 11.7 Å². The maximum absolute atomic E-state index is 13.4. The Hall–Kier alpha value is -2.34. The van der Waals surface area contributed by atoms with Gasteiger partial charge in [0, 0.05) is 14.1 Å². The predicted molar refractivity (Wildman–Crippen MR) is 115 cm³/mol. The van der Waals surface area contributed by atoms with Gasteiger partial charge in [-0.15, -0.1) is 11.8 Å². The molecule has 0 saturated carbocycles. The Morgan fingerprint density at radius 3 is 2.30 bits per heavy atom. The number of thioether (sulfide) groups is 1. The molecule has 0 aliphatic heterocycles. The topological polar surface area (TPSA) is 53.5 Å². The zero-order valence-electron chi connectivity index (χ0n) is 16.8. The third-order valence-corrected chi connectivity index (χ3v) is 4.80. The zero-order chi connectivity index (χ0) is 20.4. The lowest BCUT2D eigenvalue weighted by molar-refractivity contribution is -0.115. The molecular weight excluding hydrogens is 361 g/mol. The lowest BCUT2D eigenvalue weighted by Gasteiger charge is -2.16. The van der Waals surface area contributed by atoms with Gasteiger partial charge >= 0.3 is 0 Å². The first-order valence-corrected chi connectivity index (χ1v) is 10.0. The number of amides is 1. The van der Waals surface area contributed by atoms with E-state index in [2.05, 4.69) is 17.6 Å². The molecule has 0 heterocycles. The third-order valence-electron chi connectivity index (χ3n) is 3.98. The highest BCUT2D eigenvalue weighted by Crippen LogP contribution is 2.24. The number of likely N-dealkylation sites (N-methyl/N-ethyl adjacent to an activating group) is 1. The SMILES string of the molecule is C\C=C/C(=N\C(SC)=C(\C)CC)C(/NC)=C(/C(=O)NC)c1ccc(F)cc1. The van der Waals surface area contributed by atoms with Crippen LogP contribution in [-0.4, -0.2) is 32.0 Å². The molecule has 146 valence electrons. The fraction of sp³-hybridized carbons (Fsp3) is 0.333. The Morgan fingerprint density at radius 1 is 1.22 bits per heavy atom. The summed E-state index contributed by atoms with van der Waals surface area (Å²) in [5.74, 6) is -0.625. The van der Waals surface area contributed by atoms with E-state index in [0.29, 0.717) is 22.5 Å². The van der Waals surface area contributed by atoms with Gasteiger partial charge in [0.15, 0.2) is 0 Å². The average molecular weight is 390 g/mol. The van der Waals surface area contributed by atoms with E-state index >= 15 is 0 Å². The second-order valence-corrected chi connectivity index (χ2v) is 6.52. The van der Waals surface area contributed by atoms with Crippen molar-refractivity contribution in [3.05, 3.63) is 64.1 Å². The van der Waals surface area contributed by atoms with E-state index in [0.717, 1.165) is 11.4 Å². The van der Waals surface area contributed by atoms with Crippen molar-refractivity contribution in [1.29, 1.82) is 0 Å². The van der Waals surface area contributed by atoms with Gasteiger partial charge in [0.25, 0.3) is 5.91 Å². The van der Waals surface area contributed by atoms with Crippen LogP contribution in [0.3, 0.4) is 0 Å². The Morgan fingerprint density at radius 2 is 1.85 bits per heavy atom. The van der Waals surface area contributed by atoms with Crippen molar-refractivity contribution in [2.24, 2.45) is 4.99 Å². The summed E-state index contributed by atoms with van der Waals surface area (Å²) in [5, 5.41) is 6.69. The first-order valence-electron chi connectivity index (χ1n) is 8.78. The average Bonchev–Trinajstić information content (AvgIpc) is 2.69. The van der Waals surface area contributed by atoms with E-state index in [4.69, 9.17) is 4.99 Å². The lowest BCUT2D eigenvalue weighted by atomic mass is 10.00. The maximum Gasteiger partial charge on any atom is 0.253 e. The van der Waals surface area contributed by atoms with E-state index in [9.17, 15) is 9.18 Å². The molecule has 0 unspecified atom stereocenters. The van der Waals surface area contributed by atoms with Crippen molar-refractivity contribution < 1.29 is 9.18 Å². The molecular formula is C21H28FN3OS. The first kappa shape index (κ1) is 22.7. The molecule has 0 aromatic heterocycles. The van der Waals surface area contributed by atoms with Crippen molar-refractivity contribution in [3.8, 4) is 0 Å². The van der Waals surface area contributed by atoms with Crippen LogP contribution in [0.15, 0.2) is 57.7 Å². The monoisotopic (exact) mass is 389 g/mol. The van der Waals surface area contributed by atoms with Crippen LogP contribution < -0.4 is 10.6 Å². The van der Waals surface area contributed by atoms with Gasteiger partial charge in [0.2, 0.25) is 0 Å². The van der Waals surface area contributed by atoms with Crippen molar-refractivity contribution in [2.75, 3.05) is 20.4 Å². The van der Waals surface area contributed by atoms with Crippen molar-refractivity contribution in [1.82, 2.24) is 10.6 Å². The van der Waals surface area contributed by atoms with Gasteiger partial charge in [-0.2, -0.15) is 0 Å². The second kappa shape index (κ2) is 11.4. The molecule has 1 amide bonds. The molecule has 0 fully saturated rings. The summed E-state index contributed by atoms with van der Waals surface area (Å²) in [6.45, 7) is 6.03. The van der Waals surface area contributed by atoms with E-state index in [1.54, 1.807) is 38.0 Å². The Labute approximate surface area is 165 Å². The number of halogens is 1. The van der Waals surface area contributed by atoms with Crippen LogP contribution in [-0.2, 0) is 4.79 Å². The summed E-state index contributed by atoms with van der Waals surface area (Å²) < 4.78 is 13.4. The molecule has 27 heavy (non-hydrogen) atoms. The number of rotatable bonds is 8. The van der Waals surface area contributed by atoms with Crippen LogP contribution in [0.1, 0.15) is 32.8 Å². The highest BCUT2D eigenvalue weighted by atomic mass is 32.2. The van der Waals surface area contributed by atoms with Gasteiger partial charge in [-0.3, -0.25) is 4.79 Å². The number of aliphatic imine (C=N–C) groups is 1. The van der Waals surface area contributed by atoms with Crippen LogP contribution in [0.2, 0.25) is 0 Å². The molecule has 0 aliphatic rings. The van der Waals surface area contributed by atoms with Gasteiger partial charge in [0.05, 0.1) is 22.0 Å². The van der Waals surface area contributed by atoms with Crippen molar-refractivity contribution in [2.45, 2.75) is 27.2 Å². The summed E-state index contributed by atoms with van der Waals surface area (Å²) >= 11 is 1.57. The zero-order valence-corrected chi connectivity index (χ0v) is 17.6. The molecule has 1 aromatic rings. The van der Waals surface area contributed by atoms with E-state index in [1.165, 1.54) is 17.7 Å². The number of nitrogens with one attached hydrogen (secondary N) is 2. The number of carbonyl (C=O) groups excluding carboxylic acids is 1. The standard InChI is InChI=1S/C21H28FN3OS/c1-7-9-17(25-21(27-6)14(3)8-2)19(23-4)18(20(26)24-5)15-10-12-16(22)13-11-15/h7,9-13,23H,8H2,1-6H3,(H,24,26)/b9-7-,19-18-,21-14+,25-17+. The van der Waals surface area contributed by atoms with Crippen LogP contribution in [0, 0.1) is 5.82 Å². The van der Waals surface area contributed by atoms with Gasteiger partial charge in [-0.25, -0.2) is 9.38 Å². The van der Waals surface area contributed by atoms with Gasteiger partial charge < -0.3 is 10.6 Å². The van der Waals surface area contributed by atoms with Crippen LogP contribution in [0.25, 0.3) is 5.57 Å². The first-order chi connectivity index (χ1) is 12.9. The normalized spacial score (nSPS) is 14.0. The minimum Gasteiger partial charge on any atom is -0.386 e. The molecule has 0 saturated heterocycles. The van der Waals surface area contributed by atoms with E-state index in [1.807, 2.05) is 32.3 Å². The molecule has 2 N–H and O–H groups in total. The number of hydrogen-bond acceptors (Lipinski definition) is 4. The van der Waals surface area contributed by atoms with Gasteiger partial charge in [-0.1, -0.05) is 25.1 Å². The molecule has 1 rings (SSSR count). The summed E-state index contributed by atoms with van der Waals surface area (Å²) in [7, 11) is 3.32. The molecule has 4 nitrogen and oxygen atoms in total. The van der Waals surface area contributed by atoms with Crippen molar-refractivity contribution in [3.63, 3.8) is 0 Å². The summed E-state index contributed by atoms with van der Waals surface area (Å²) in [5.41, 5.74) is 3.41. The molecule has 6 heteroatoms. The summed E-state index contributed by atoms with van der Waals surface area (Å²) in [4.78, 5) is 17.5. The number of allylic oxidation sites excluding steroid dienone is 3. The molecule has 0 aliphatic carbocycles. The number of hydrogen-bond donors (Lipinski definition) is 2. The van der Waals surface area contributed by atoms with Crippen LogP contribution in [0.4, 0.5) is 4.39 Å². The highest BCUT2D eigenvalue weighted by molar-refractivity contribution is 8.02. The summed E-state index contributed by atoms with van der Waals surface area (Å²) in [6.07, 6.45) is 6.61. The Bertz CT molecular complexity index is 777. The maximum atomic E-state index is 13.4. The molecule has 0 bridgehead atoms. The van der Waals surface area contributed by atoms with Crippen LogP contribution in [0.5, 0.6) is 0 Å². The molecule has 1 aromatic carbocycles. The fourth-order valence-corrected chi connectivity index (χ4v) is 3.10. The third kappa shape index (κ3) is 6.10. The fourth-order valence-electron chi connectivity index (χ4n) is 2.42. The molecule has 0 atom stereocenters. The Balaban J connectivity index is 3.78. The van der Waals surface area contributed by atoms with E-state index < -0.39 is 0 Å². The quantitative estimate of drug-likeness (QED) is 0.508.